The third kappa shape index (κ3) is 4.96. The fourth-order valence-corrected chi connectivity index (χ4v) is 2.80. The molecule has 1 aliphatic rings. The highest BCUT2D eigenvalue weighted by atomic mass is 79.9. The van der Waals surface area contributed by atoms with Gasteiger partial charge in [0.15, 0.2) is 6.54 Å². The predicted octanol–water partition coefficient (Wildman–Crippen LogP) is 0.173. The van der Waals surface area contributed by atoms with Crippen LogP contribution in [0.25, 0.3) is 0 Å². The zero-order chi connectivity index (χ0) is 15.2. The lowest BCUT2D eigenvalue weighted by Crippen LogP contribution is -3.15. The number of morpholine rings is 1. The SMILES string of the molecule is O=C(C[NH+]1CCOCC1)N/N=C/c1cc(Br)cc(Cl)c1O. The van der Waals surface area contributed by atoms with Crippen LogP contribution >= 0.6 is 27.5 Å². The minimum atomic E-state index is -0.177. The number of hydrogen-bond acceptors (Lipinski definition) is 4. The number of carbonyl (C=O) groups excluding carboxylic acids is 1. The Kier molecular flexibility index (Phi) is 5.98. The summed E-state index contributed by atoms with van der Waals surface area (Å²) in [6.45, 7) is 3.34. The minimum absolute atomic E-state index is 0.0725. The van der Waals surface area contributed by atoms with Gasteiger partial charge >= 0.3 is 0 Å². The smallest absolute Gasteiger partial charge is 0.295 e. The normalized spacial score (nSPS) is 16.3. The fourth-order valence-electron chi connectivity index (χ4n) is 1.96. The topological polar surface area (TPSA) is 75.4 Å². The number of nitrogens with zero attached hydrogens (tertiary/aromatic N) is 1. The molecule has 1 aliphatic heterocycles. The monoisotopic (exact) mass is 376 g/mol. The van der Waals surface area contributed by atoms with Crippen LogP contribution in [-0.4, -0.2) is 50.1 Å². The number of rotatable bonds is 4. The molecule has 21 heavy (non-hydrogen) atoms. The second-order valence-corrected chi connectivity index (χ2v) is 5.98. The zero-order valence-corrected chi connectivity index (χ0v) is 13.6. The Morgan fingerprint density at radius 3 is 2.95 bits per heavy atom. The van der Waals surface area contributed by atoms with E-state index in [4.69, 9.17) is 16.3 Å². The van der Waals surface area contributed by atoms with Crippen LogP contribution in [-0.2, 0) is 9.53 Å². The molecule has 0 bridgehead atoms. The molecule has 8 heteroatoms. The van der Waals surface area contributed by atoms with E-state index in [1.165, 1.54) is 11.1 Å². The van der Waals surface area contributed by atoms with Gasteiger partial charge in [-0.3, -0.25) is 4.79 Å². The molecule has 0 spiro atoms. The molecule has 0 aromatic heterocycles. The molecule has 2 rings (SSSR count). The van der Waals surface area contributed by atoms with Crippen molar-refractivity contribution in [2.24, 2.45) is 5.10 Å². The van der Waals surface area contributed by atoms with E-state index in [2.05, 4.69) is 26.5 Å². The molecule has 6 nitrogen and oxygen atoms in total. The van der Waals surface area contributed by atoms with Crippen molar-refractivity contribution >= 4 is 39.7 Å². The number of carbonyl (C=O) groups is 1. The first kappa shape index (κ1) is 16.2. The molecule has 1 aromatic carbocycles. The van der Waals surface area contributed by atoms with Crippen LogP contribution < -0.4 is 10.3 Å². The third-order valence-corrected chi connectivity index (χ3v) is 3.81. The number of amides is 1. The van der Waals surface area contributed by atoms with Crippen molar-refractivity contribution in [1.29, 1.82) is 0 Å². The van der Waals surface area contributed by atoms with Crippen molar-refractivity contribution in [2.45, 2.75) is 0 Å². The van der Waals surface area contributed by atoms with E-state index in [-0.39, 0.29) is 16.7 Å². The van der Waals surface area contributed by atoms with Crippen molar-refractivity contribution in [3.05, 3.63) is 27.2 Å². The second-order valence-electron chi connectivity index (χ2n) is 4.66. The summed E-state index contributed by atoms with van der Waals surface area (Å²) in [6.07, 6.45) is 1.36. The summed E-state index contributed by atoms with van der Waals surface area (Å²) in [5.41, 5.74) is 2.87. The third-order valence-electron chi connectivity index (χ3n) is 3.06. The number of benzene rings is 1. The maximum absolute atomic E-state index is 11.7. The van der Waals surface area contributed by atoms with Gasteiger partial charge in [0.05, 0.1) is 24.5 Å². The number of phenolic OH excluding ortho intramolecular Hbond substituents is 1. The summed E-state index contributed by atoms with van der Waals surface area (Å²) in [4.78, 5) is 12.9. The number of hydrazone groups is 1. The van der Waals surface area contributed by atoms with Crippen LogP contribution in [0.2, 0.25) is 5.02 Å². The molecule has 1 aromatic rings. The van der Waals surface area contributed by atoms with Crippen molar-refractivity contribution in [3.8, 4) is 5.75 Å². The molecular formula is C13H16BrClN3O3+. The first-order chi connectivity index (χ1) is 10.1. The molecule has 3 N–H and O–H groups in total. The highest BCUT2D eigenvalue weighted by molar-refractivity contribution is 9.10. The Hall–Kier alpha value is -1.15. The predicted molar refractivity (Wildman–Crippen MR) is 82.9 cm³/mol. The highest BCUT2D eigenvalue weighted by Crippen LogP contribution is 2.30. The largest absolute Gasteiger partial charge is 0.506 e. The van der Waals surface area contributed by atoms with E-state index in [0.29, 0.717) is 25.3 Å². The number of halogens is 2. The number of ether oxygens (including phenoxy) is 1. The molecule has 0 radical (unpaired) electrons. The van der Waals surface area contributed by atoms with Gasteiger partial charge in [-0.25, -0.2) is 5.43 Å². The Balaban J connectivity index is 1.88. The lowest BCUT2D eigenvalue weighted by atomic mass is 10.2. The van der Waals surface area contributed by atoms with Gasteiger partial charge in [-0.05, 0) is 12.1 Å². The van der Waals surface area contributed by atoms with Gasteiger partial charge in [0, 0.05) is 10.0 Å². The van der Waals surface area contributed by atoms with Gasteiger partial charge in [0.2, 0.25) is 0 Å². The molecule has 0 aliphatic carbocycles. The first-order valence-electron chi connectivity index (χ1n) is 6.47. The van der Waals surface area contributed by atoms with Crippen molar-refractivity contribution in [2.75, 3.05) is 32.8 Å². The second kappa shape index (κ2) is 7.74. The van der Waals surface area contributed by atoms with E-state index in [1.807, 2.05) is 0 Å². The van der Waals surface area contributed by atoms with E-state index >= 15 is 0 Å². The van der Waals surface area contributed by atoms with E-state index in [0.717, 1.165) is 17.6 Å². The maximum atomic E-state index is 11.7. The van der Waals surface area contributed by atoms with Crippen molar-refractivity contribution < 1.29 is 19.5 Å². The molecular weight excluding hydrogens is 362 g/mol. The standard InChI is InChI=1S/C13H15BrClN3O3/c14-10-5-9(13(20)11(15)6-10)7-16-17-12(19)8-18-1-3-21-4-2-18/h5-7,20H,1-4,8H2,(H,17,19)/p+1/b16-7+. The number of nitrogens with one attached hydrogen (secondary N) is 2. The summed E-state index contributed by atoms with van der Waals surface area (Å²) in [5.74, 6) is -0.250. The summed E-state index contributed by atoms with van der Waals surface area (Å²) in [7, 11) is 0. The van der Waals surface area contributed by atoms with Crippen LogP contribution in [0.1, 0.15) is 5.56 Å². The molecule has 0 saturated carbocycles. The van der Waals surface area contributed by atoms with E-state index in [1.54, 1.807) is 12.1 Å². The van der Waals surface area contributed by atoms with Crippen molar-refractivity contribution in [1.82, 2.24) is 5.43 Å². The lowest BCUT2D eigenvalue weighted by Gasteiger charge is -2.22. The Morgan fingerprint density at radius 1 is 1.52 bits per heavy atom. The number of aromatic hydroxyl groups is 1. The molecule has 114 valence electrons. The quantitative estimate of drug-likeness (QED) is 0.517. The van der Waals surface area contributed by atoms with Gasteiger partial charge in [-0.2, -0.15) is 5.10 Å². The highest BCUT2D eigenvalue weighted by Gasteiger charge is 2.17. The van der Waals surface area contributed by atoms with Gasteiger partial charge < -0.3 is 14.7 Å². The number of phenols is 1. The molecule has 1 saturated heterocycles. The average molecular weight is 378 g/mol. The minimum Gasteiger partial charge on any atom is -0.506 e. The summed E-state index contributed by atoms with van der Waals surface area (Å²) < 4.78 is 5.95. The molecule has 1 heterocycles. The summed E-state index contributed by atoms with van der Waals surface area (Å²) in [6, 6.07) is 3.23. The van der Waals surface area contributed by atoms with Gasteiger partial charge in [-0.15, -0.1) is 0 Å². The molecule has 0 atom stereocenters. The number of quaternary nitrogens is 1. The molecule has 1 fully saturated rings. The van der Waals surface area contributed by atoms with E-state index in [9.17, 15) is 9.90 Å². The van der Waals surface area contributed by atoms with E-state index < -0.39 is 0 Å². The van der Waals surface area contributed by atoms with Crippen LogP contribution in [0.15, 0.2) is 21.7 Å². The van der Waals surface area contributed by atoms with Crippen LogP contribution in [0.5, 0.6) is 5.75 Å². The van der Waals surface area contributed by atoms with Gasteiger partial charge in [0.1, 0.15) is 18.8 Å². The molecule has 0 unspecified atom stereocenters. The van der Waals surface area contributed by atoms with Crippen LogP contribution in [0.4, 0.5) is 0 Å². The fraction of sp³-hybridized carbons (Fsp3) is 0.385. The van der Waals surface area contributed by atoms with Gasteiger partial charge in [0.25, 0.3) is 5.91 Å². The molecule has 1 amide bonds. The Labute approximate surface area is 135 Å². The lowest BCUT2D eigenvalue weighted by molar-refractivity contribution is -0.900. The van der Waals surface area contributed by atoms with Crippen molar-refractivity contribution in [3.63, 3.8) is 0 Å². The first-order valence-corrected chi connectivity index (χ1v) is 7.64. The summed E-state index contributed by atoms with van der Waals surface area (Å²) in [5, 5.41) is 13.8. The Morgan fingerprint density at radius 2 is 2.24 bits per heavy atom. The summed E-state index contributed by atoms with van der Waals surface area (Å²) >= 11 is 9.12. The maximum Gasteiger partial charge on any atom is 0.295 e. The van der Waals surface area contributed by atoms with Gasteiger partial charge in [-0.1, -0.05) is 27.5 Å². The number of hydrogen-bond donors (Lipinski definition) is 3. The van der Waals surface area contributed by atoms with Crippen LogP contribution in [0, 0.1) is 0 Å². The van der Waals surface area contributed by atoms with Crippen LogP contribution in [0.3, 0.4) is 0 Å². The zero-order valence-electron chi connectivity index (χ0n) is 11.2. The average Bonchev–Trinajstić information content (AvgIpc) is 2.45. The Bertz CT molecular complexity index is 548.